The Kier molecular flexibility index (Phi) is 4.70. The van der Waals surface area contributed by atoms with Gasteiger partial charge < -0.3 is 4.90 Å². The molecule has 0 spiro atoms. The second-order valence-corrected chi connectivity index (χ2v) is 6.06. The van der Waals surface area contributed by atoms with Crippen molar-refractivity contribution in [3.63, 3.8) is 0 Å². The Morgan fingerprint density at radius 1 is 1.10 bits per heavy atom. The van der Waals surface area contributed by atoms with Crippen LogP contribution in [0.5, 0.6) is 0 Å². The molecule has 0 aromatic carbocycles. The number of piperidine rings is 1. The zero-order valence-electron chi connectivity index (χ0n) is 12.9. The summed E-state index contributed by atoms with van der Waals surface area (Å²) in [5, 5.41) is 8.73. The zero-order valence-corrected chi connectivity index (χ0v) is 12.9. The van der Waals surface area contributed by atoms with Crippen molar-refractivity contribution in [1.82, 2.24) is 24.5 Å². The average Bonchev–Trinajstić information content (AvgIpc) is 3.15. The molecule has 21 heavy (non-hydrogen) atoms. The smallest absolute Gasteiger partial charge is 0.0593 e. The number of rotatable bonds is 6. The van der Waals surface area contributed by atoms with Crippen LogP contribution in [0.25, 0.3) is 0 Å². The standard InChI is InChI=1S/C16H25N5/c1-15-3-11-21(18-15)14-13-19-9-4-16(5-10-19)6-12-20-8-2-7-17-20/h2-3,7-8,11,16H,4-6,9-10,12-14H2,1H3. The number of aromatic nitrogens is 4. The van der Waals surface area contributed by atoms with Crippen LogP contribution < -0.4 is 0 Å². The van der Waals surface area contributed by atoms with Crippen molar-refractivity contribution in [2.45, 2.75) is 39.3 Å². The van der Waals surface area contributed by atoms with E-state index in [1.54, 1.807) is 0 Å². The van der Waals surface area contributed by atoms with Gasteiger partial charge in [0.15, 0.2) is 0 Å². The SMILES string of the molecule is Cc1ccn(CCN2CCC(CCn3cccn3)CC2)n1. The van der Waals surface area contributed by atoms with Gasteiger partial charge in [-0.25, -0.2) is 0 Å². The summed E-state index contributed by atoms with van der Waals surface area (Å²) in [4.78, 5) is 2.57. The number of hydrogen-bond acceptors (Lipinski definition) is 3. The van der Waals surface area contributed by atoms with Gasteiger partial charge in [-0.15, -0.1) is 0 Å². The maximum atomic E-state index is 4.45. The molecular weight excluding hydrogens is 262 g/mol. The van der Waals surface area contributed by atoms with Crippen LogP contribution in [0.1, 0.15) is 25.0 Å². The van der Waals surface area contributed by atoms with Crippen LogP contribution in [0.15, 0.2) is 30.7 Å². The highest BCUT2D eigenvalue weighted by Crippen LogP contribution is 2.20. The first kappa shape index (κ1) is 14.3. The molecule has 0 bridgehead atoms. The predicted molar refractivity (Wildman–Crippen MR) is 83.0 cm³/mol. The van der Waals surface area contributed by atoms with Crippen LogP contribution in [-0.4, -0.2) is 44.1 Å². The Morgan fingerprint density at radius 3 is 2.62 bits per heavy atom. The molecule has 0 N–H and O–H groups in total. The lowest BCUT2D eigenvalue weighted by Crippen LogP contribution is -2.36. The van der Waals surface area contributed by atoms with Crippen molar-refractivity contribution in [3.05, 3.63) is 36.4 Å². The fourth-order valence-electron chi connectivity index (χ4n) is 3.08. The summed E-state index contributed by atoms with van der Waals surface area (Å²) in [5.74, 6) is 0.859. The summed E-state index contributed by atoms with van der Waals surface area (Å²) in [5.41, 5.74) is 1.10. The molecule has 2 aromatic rings. The van der Waals surface area contributed by atoms with Crippen molar-refractivity contribution in [1.29, 1.82) is 0 Å². The van der Waals surface area contributed by atoms with E-state index in [9.17, 15) is 0 Å². The first-order valence-corrected chi connectivity index (χ1v) is 7.99. The van der Waals surface area contributed by atoms with E-state index in [1.165, 1.54) is 32.4 Å². The topological polar surface area (TPSA) is 38.9 Å². The minimum absolute atomic E-state index is 0.859. The average molecular weight is 287 g/mol. The Hall–Kier alpha value is -1.62. The van der Waals surface area contributed by atoms with Crippen LogP contribution in [0, 0.1) is 12.8 Å². The second-order valence-electron chi connectivity index (χ2n) is 6.06. The van der Waals surface area contributed by atoms with Crippen molar-refractivity contribution < 1.29 is 0 Å². The van der Waals surface area contributed by atoms with Gasteiger partial charge in [-0.05, 0) is 57.3 Å². The number of hydrogen-bond donors (Lipinski definition) is 0. The summed E-state index contributed by atoms with van der Waals surface area (Å²) in [6.07, 6.45) is 9.89. The van der Waals surface area contributed by atoms with Gasteiger partial charge >= 0.3 is 0 Å². The van der Waals surface area contributed by atoms with Gasteiger partial charge in [-0.3, -0.25) is 9.36 Å². The fourth-order valence-corrected chi connectivity index (χ4v) is 3.08. The van der Waals surface area contributed by atoms with Crippen molar-refractivity contribution in [2.24, 2.45) is 5.92 Å². The molecule has 5 heteroatoms. The molecule has 1 aliphatic rings. The molecular formula is C16H25N5. The normalized spacial score (nSPS) is 17.4. The molecule has 1 fully saturated rings. The molecule has 114 valence electrons. The molecule has 2 aromatic heterocycles. The molecule has 0 radical (unpaired) electrons. The summed E-state index contributed by atoms with van der Waals surface area (Å²) in [6.45, 7) is 7.68. The highest BCUT2D eigenvalue weighted by Gasteiger charge is 2.18. The summed E-state index contributed by atoms with van der Waals surface area (Å²) >= 11 is 0. The zero-order chi connectivity index (χ0) is 14.5. The molecule has 1 aliphatic heterocycles. The van der Waals surface area contributed by atoms with Crippen LogP contribution >= 0.6 is 0 Å². The Bertz CT molecular complexity index is 523. The molecule has 0 saturated carbocycles. The van der Waals surface area contributed by atoms with Crippen molar-refractivity contribution in [2.75, 3.05) is 19.6 Å². The van der Waals surface area contributed by atoms with Gasteiger partial charge in [0.05, 0.1) is 12.2 Å². The Labute approximate surface area is 126 Å². The fraction of sp³-hybridized carbons (Fsp3) is 0.625. The quantitative estimate of drug-likeness (QED) is 0.817. The summed E-state index contributed by atoms with van der Waals surface area (Å²) < 4.78 is 4.10. The minimum Gasteiger partial charge on any atom is -0.301 e. The van der Waals surface area contributed by atoms with Crippen molar-refractivity contribution >= 4 is 0 Å². The summed E-state index contributed by atoms with van der Waals surface area (Å²) in [6, 6.07) is 4.07. The third kappa shape index (κ3) is 4.17. The number of nitrogens with zero attached hydrogens (tertiary/aromatic N) is 5. The number of likely N-dealkylation sites (tertiary alicyclic amines) is 1. The van der Waals surface area contributed by atoms with E-state index in [4.69, 9.17) is 0 Å². The molecule has 0 amide bonds. The largest absolute Gasteiger partial charge is 0.301 e. The lowest BCUT2D eigenvalue weighted by molar-refractivity contribution is 0.168. The van der Waals surface area contributed by atoms with Gasteiger partial charge in [-0.1, -0.05) is 0 Å². The lowest BCUT2D eigenvalue weighted by atomic mass is 9.93. The van der Waals surface area contributed by atoms with Gasteiger partial charge in [0.25, 0.3) is 0 Å². The van der Waals surface area contributed by atoms with Crippen LogP contribution in [-0.2, 0) is 13.1 Å². The molecule has 3 rings (SSSR count). The van der Waals surface area contributed by atoms with Crippen LogP contribution in [0.3, 0.4) is 0 Å². The van der Waals surface area contributed by atoms with Crippen LogP contribution in [0.4, 0.5) is 0 Å². The molecule has 1 saturated heterocycles. The Balaban J connectivity index is 1.35. The first-order chi connectivity index (χ1) is 10.3. The van der Waals surface area contributed by atoms with E-state index in [0.717, 1.165) is 31.2 Å². The second kappa shape index (κ2) is 6.89. The molecule has 3 heterocycles. The van der Waals surface area contributed by atoms with E-state index in [2.05, 4.69) is 38.2 Å². The third-order valence-corrected chi connectivity index (χ3v) is 4.45. The first-order valence-electron chi connectivity index (χ1n) is 7.99. The molecule has 5 nitrogen and oxygen atoms in total. The summed E-state index contributed by atoms with van der Waals surface area (Å²) in [7, 11) is 0. The highest BCUT2D eigenvalue weighted by atomic mass is 15.3. The van der Waals surface area contributed by atoms with E-state index in [1.807, 2.05) is 23.9 Å². The predicted octanol–water partition coefficient (Wildman–Crippen LogP) is 2.19. The molecule has 0 unspecified atom stereocenters. The third-order valence-electron chi connectivity index (χ3n) is 4.45. The van der Waals surface area contributed by atoms with Gasteiger partial charge in [0.1, 0.15) is 0 Å². The maximum Gasteiger partial charge on any atom is 0.0593 e. The van der Waals surface area contributed by atoms with E-state index in [-0.39, 0.29) is 0 Å². The maximum absolute atomic E-state index is 4.45. The van der Waals surface area contributed by atoms with Gasteiger partial charge in [0.2, 0.25) is 0 Å². The van der Waals surface area contributed by atoms with Gasteiger partial charge in [-0.2, -0.15) is 10.2 Å². The van der Waals surface area contributed by atoms with E-state index < -0.39 is 0 Å². The highest BCUT2D eigenvalue weighted by molar-refractivity contribution is 4.94. The van der Waals surface area contributed by atoms with E-state index >= 15 is 0 Å². The van der Waals surface area contributed by atoms with Crippen LogP contribution in [0.2, 0.25) is 0 Å². The molecule has 0 atom stereocenters. The monoisotopic (exact) mass is 287 g/mol. The lowest BCUT2D eigenvalue weighted by Gasteiger charge is -2.31. The molecule has 0 aliphatic carbocycles. The van der Waals surface area contributed by atoms with Gasteiger partial charge in [0, 0.05) is 31.7 Å². The Morgan fingerprint density at radius 2 is 1.95 bits per heavy atom. The van der Waals surface area contributed by atoms with E-state index in [0.29, 0.717) is 0 Å². The minimum atomic E-state index is 0.859. The van der Waals surface area contributed by atoms with Crippen molar-refractivity contribution in [3.8, 4) is 0 Å². The number of aryl methyl sites for hydroxylation is 2.